The van der Waals surface area contributed by atoms with Gasteiger partial charge in [-0.15, -0.1) is 0 Å². The fourth-order valence-electron chi connectivity index (χ4n) is 2.54. The second kappa shape index (κ2) is 6.39. The van der Waals surface area contributed by atoms with Gasteiger partial charge in [-0.2, -0.15) is 5.26 Å². The van der Waals surface area contributed by atoms with Crippen molar-refractivity contribution in [3.63, 3.8) is 0 Å². The molecule has 118 valence electrons. The number of nitriles is 1. The smallest absolute Gasteiger partial charge is 0.340 e. The minimum Gasteiger partial charge on any atom is -0.462 e. The van der Waals surface area contributed by atoms with E-state index in [0.29, 0.717) is 27.9 Å². The molecule has 0 saturated carbocycles. The van der Waals surface area contributed by atoms with Crippen molar-refractivity contribution < 1.29 is 14.3 Å². The summed E-state index contributed by atoms with van der Waals surface area (Å²) < 4.78 is 6.74. The molecule has 0 amide bonds. The summed E-state index contributed by atoms with van der Waals surface area (Å²) in [7, 11) is 0. The maximum absolute atomic E-state index is 12.8. The molecule has 0 N–H and O–H groups in total. The predicted molar refractivity (Wildman–Crippen MR) is 87.9 cm³/mol. The Morgan fingerprint density at radius 3 is 2.58 bits per heavy atom. The van der Waals surface area contributed by atoms with Crippen LogP contribution in [0.15, 0.2) is 54.7 Å². The van der Waals surface area contributed by atoms with E-state index < -0.39 is 5.97 Å². The highest BCUT2D eigenvalue weighted by molar-refractivity contribution is 6.11. The van der Waals surface area contributed by atoms with Crippen LogP contribution in [0.3, 0.4) is 0 Å². The Morgan fingerprint density at radius 1 is 1.17 bits per heavy atom. The molecule has 3 aromatic rings. The number of pyridine rings is 1. The number of benzene rings is 1. The van der Waals surface area contributed by atoms with E-state index in [1.54, 1.807) is 66.1 Å². The SMILES string of the molecule is CCOC(=O)c1cc(C(=O)c2ccc(C#N)cc2)n2ccccc12. The van der Waals surface area contributed by atoms with Crippen molar-refractivity contribution in [1.82, 2.24) is 4.40 Å². The molecule has 0 unspecified atom stereocenters. The van der Waals surface area contributed by atoms with Crippen LogP contribution in [0, 0.1) is 11.3 Å². The third-order valence-electron chi connectivity index (χ3n) is 3.68. The van der Waals surface area contributed by atoms with Crippen LogP contribution in [-0.4, -0.2) is 22.8 Å². The average Bonchev–Trinajstić information content (AvgIpc) is 3.01. The van der Waals surface area contributed by atoms with E-state index in [1.807, 2.05) is 6.07 Å². The lowest BCUT2D eigenvalue weighted by molar-refractivity contribution is 0.0529. The van der Waals surface area contributed by atoms with E-state index >= 15 is 0 Å². The maximum Gasteiger partial charge on any atom is 0.340 e. The third kappa shape index (κ3) is 2.66. The van der Waals surface area contributed by atoms with Gasteiger partial charge >= 0.3 is 5.97 Å². The summed E-state index contributed by atoms with van der Waals surface area (Å²) in [5, 5.41) is 8.85. The van der Waals surface area contributed by atoms with Crippen LogP contribution in [0.1, 0.15) is 38.9 Å². The van der Waals surface area contributed by atoms with Gasteiger partial charge in [-0.05, 0) is 49.4 Å². The second-order valence-electron chi connectivity index (χ2n) is 5.14. The third-order valence-corrected chi connectivity index (χ3v) is 3.68. The Bertz CT molecular complexity index is 962. The predicted octanol–water partition coefficient (Wildman–Crippen LogP) is 3.22. The normalized spacial score (nSPS) is 10.3. The van der Waals surface area contributed by atoms with E-state index in [-0.39, 0.29) is 12.4 Å². The number of nitrogens with zero attached hydrogens (tertiary/aromatic N) is 2. The van der Waals surface area contributed by atoms with Gasteiger partial charge in [0.2, 0.25) is 5.78 Å². The summed E-state index contributed by atoms with van der Waals surface area (Å²) in [6, 6.07) is 15.3. The van der Waals surface area contributed by atoms with Gasteiger partial charge in [-0.3, -0.25) is 4.79 Å². The van der Waals surface area contributed by atoms with Gasteiger partial charge in [-0.25, -0.2) is 4.79 Å². The Morgan fingerprint density at radius 2 is 1.92 bits per heavy atom. The molecule has 0 spiro atoms. The lowest BCUT2D eigenvalue weighted by Gasteiger charge is -2.02. The van der Waals surface area contributed by atoms with Crippen molar-refractivity contribution in [2.45, 2.75) is 6.92 Å². The van der Waals surface area contributed by atoms with Crippen molar-refractivity contribution in [1.29, 1.82) is 5.26 Å². The van der Waals surface area contributed by atoms with Crippen LogP contribution < -0.4 is 0 Å². The number of ketones is 1. The molecule has 0 fully saturated rings. The minimum absolute atomic E-state index is 0.226. The number of ether oxygens (including phenoxy) is 1. The summed E-state index contributed by atoms with van der Waals surface area (Å²) in [5.41, 5.74) is 2.28. The molecule has 5 nitrogen and oxygen atoms in total. The molecule has 0 radical (unpaired) electrons. The van der Waals surface area contributed by atoms with Crippen LogP contribution in [0.2, 0.25) is 0 Å². The summed E-state index contributed by atoms with van der Waals surface area (Å²) in [5.74, 6) is -0.684. The van der Waals surface area contributed by atoms with E-state index in [9.17, 15) is 9.59 Å². The summed E-state index contributed by atoms with van der Waals surface area (Å²) in [6.07, 6.45) is 1.73. The average molecular weight is 318 g/mol. The first-order chi connectivity index (χ1) is 11.7. The standard InChI is InChI=1S/C19H14N2O3/c1-2-24-19(23)15-11-17(21-10-4-3-5-16(15)21)18(22)14-8-6-13(12-20)7-9-14/h3-11H,2H2,1H3. The molecule has 0 bridgehead atoms. The van der Waals surface area contributed by atoms with Gasteiger partial charge in [-0.1, -0.05) is 6.07 Å². The van der Waals surface area contributed by atoms with Crippen LogP contribution in [0.4, 0.5) is 0 Å². The number of carbonyl (C=O) groups excluding carboxylic acids is 2. The molecule has 24 heavy (non-hydrogen) atoms. The van der Waals surface area contributed by atoms with Crippen molar-refractivity contribution in [3.05, 3.63) is 77.1 Å². The monoisotopic (exact) mass is 318 g/mol. The van der Waals surface area contributed by atoms with Crippen molar-refractivity contribution in [2.75, 3.05) is 6.61 Å². The summed E-state index contributed by atoms with van der Waals surface area (Å²) >= 11 is 0. The number of rotatable bonds is 4. The zero-order valence-corrected chi connectivity index (χ0v) is 13.0. The van der Waals surface area contributed by atoms with Crippen molar-refractivity contribution in [2.24, 2.45) is 0 Å². The molecule has 0 aliphatic carbocycles. The Hall–Kier alpha value is -3.39. The van der Waals surface area contributed by atoms with E-state index in [1.165, 1.54) is 0 Å². The summed E-state index contributed by atoms with van der Waals surface area (Å²) in [4.78, 5) is 24.9. The zero-order valence-electron chi connectivity index (χ0n) is 13.0. The molecular weight excluding hydrogens is 304 g/mol. The molecule has 5 heteroatoms. The topological polar surface area (TPSA) is 71.6 Å². The Labute approximate surface area is 138 Å². The van der Waals surface area contributed by atoms with E-state index in [0.717, 1.165) is 0 Å². The maximum atomic E-state index is 12.8. The van der Waals surface area contributed by atoms with E-state index in [2.05, 4.69) is 0 Å². The van der Waals surface area contributed by atoms with Crippen molar-refractivity contribution in [3.8, 4) is 6.07 Å². The van der Waals surface area contributed by atoms with Gasteiger partial charge < -0.3 is 9.14 Å². The number of hydrogen-bond acceptors (Lipinski definition) is 4. The highest BCUT2D eigenvalue weighted by Gasteiger charge is 2.20. The second-order valence-corrected chi connectivity index (χ2v) is 5.14. The molecule has 2 aromatic heterocycles. The molecule has 0 aliphatic rings. The number of fused-ring (bicyclic) bond motifs is 1. The molecule has 0 aliphatic heterocycles. The Balaban J connectivity index is 2.10. The Kier molecular flexibility index (Phi) is 4.13. The van der Waals surface area contributed by atoms with E-state index in [4.69, 9.17) is 10.00 Å². The van der Waals surface area contributed by atoms with Crippen LogP contribution in [0.5, 0.6) is 0 Å². The zero-order chi connectivity index (χ0) is 17.1. The molecule has 3 rings (SSSR count). The van der Waals surface area contributed by atoms with Gasteiger partial charge in [0.25, 0.3) is 0 Å². The van der Waals surface area contributed by atoms with Crippen LogP contribution in [-0.2, 0) is 4.74 Å². The highest BCUT2D eigenvalue weighted by atomic mass is 16.5. The minimum atomic E-state index is -0.458. The van der Waals surface area contributed by atoms with Gasteiger partial charge in [0, 0.05) is 11.8 Å². The lowest BCUT2D eigenvalue weighted by Crippen LogP contribution is -2.04. The van der Waals surface area contributed by atoms with Crippen molar-refractivity contribution >= 4 is 17.3 Å². The quantitative estimate of drug-likeness (QED) is 0.547. The fraction of sp³-hybridized carbons (Fsp3) is 0.105. The van der Waals surface area contributed by atoms with Crippen LogP contribution >= 0.6 is 0 Å². The summed E-state index contributed by atoms with van der Waals surface area (Å²) in [6.45, 7) is 2.00. The highest BCUT2D eigenvalue weighted by Crippen LogP contribution is 2.21. The van der Waals surface area contributed by atoms with Crippen LogP contribution in [0.25, 0.3) is 5.52 Å². The molecular formula is C19H14N2O3. The molecule has 1 aromatic carbocycles. The first kappa shape index (κ1) is 15.5. The number of carbonyl (C=O) groups is 2. The first-order valence-electron chi connectivity index (χ1n) is 7.47. The first-order valence-corrected chi connectivity index (χ1v) is 7.47. The number of esters is 1. The van der Waals surface area contributed by atoms with Gasteiger partial charge in [0.15, 0.2) is 0 Å². The number of aromatic nitrogens is 1. The molecule has 2 heterocycles. The number of hydrogen-bond donors (Lipinski definition) is 0. The lowest BCUT2D eigenvalue weighted by atomic mass is 10.1. The van der Waals surface area contributed by atoms with Gasteiger partial charge in [0.1, 0.15) is 0 Å². The molecule has 0 saturated heterocycles. The van der Waals surface area contributed by atoms with Gasteiger partial charge in [0.05, 0.1) is 35.0 Å². The fourth-order valence-corrected chi connectivity index (χ4v) is 2.54. The largest absolute Gasteiger partial charge is 0.462 e. The molecule has 0 atom stereocenters.